The first kappa shape index (κ1) is 38.1. The van der Waals surface area contributed by atoms with Crippen LogP contribution in [-0.4, -0.2) is 89.2 Å². The summed E-state index contributed by atoms with van der Waals surface area (Å²) in [5.41, 5.74) is 4.84. The number of amides is 4. The average Bonchev–Trinajstić information content (AvgIpc) is 4.07. The van der Waals surface area contributed by atoms with Gasteiger partial charge < -0.3 is 35.5 Å². The quantitative estimate of drug-likeness (QED) is 0.221. The molecular weight excluding hydrogens is 727 g/mol. The van der Waals surface area contributed by atoms with Crippen LogP contribution in [0.1, 0.15) is 65.7 Å². The molecule has 2 aliphatic carbocycles. The number of hydrogen-bond donors (Lipinski definition) is 3. The molecule has 1 aromatic heterocycles. The number of alkyl carbamates (subject to hydrolysis) is 1. The molecule has 14 nitrogen and oxygen atoms in total. The second-order valence-corrected chi connectivity index (χ2v) is 18.3. The van der Waals surface area contributed by atoms with E-state index in [4.69, 9.17) is 24.9 Å². The Hall–Kier alpha value is -5.18. The molecule has 5 atom stereocenters. The van der Waals surface area contributed by atoms with Crippen molar-refractivity contribution in [1.82, 2.24) is 20.5 Å². The van der Waals surface area contributed by atoms with Gasteiger partial charge in [0.1, 0.15) is 34.1 Å². The summed E-state index contributed by atoms with van der Waals surface area (Å²) in [5.74, 6) is -2.52. The zero-order chi connectivity index (χ0) is 39.3. The Kier molecular flexibility index (Phi) is 9.81. The topological polar surface area (TPSA) is 196 Å². The van der Waals surface area contributed by atoms with E-state index in [0.717, 1.165) is 10.5 Å². The summed E-state index contributed by atoms with van der Waals surface area (Å²) < 4.78 is 45.5. The molecule has 55 heavy (non-hydrogen) atoms. The summed E-state index contributed by atoms with van der Waals surface area (Å²) in [5, 5.41) is 5.42. The second kappa shape index (κ2) is 14.2. The molecule has 3 aromatic rings. The van der Waals surface area contributed by atoms with Crippen molar-refractivity contribution >= 4 is 44.6 Å². The van der Waals surface area contributed by atoms with Gasteiger partial charge in [0.25, 0.3) is 11.8 Å². The van der Waals surface area contributed by atoms with Crippen LogP contribution in [0.15, 0.2) is 66.7 Å². The number of carbonyl (C=O) groups is 4. The van der Waals surface area contributed by atoms with Gasteiger partial charge in [-0.1, -0.05) is 42.5 Å². The van der Waals surface area contributed by atoms with Gasteiger partial charge in [-0.15, -0.1) is 0 Å². The maximum absolute atomic E-state index is 14.8. The molecule has 4 aliphatic rings. The van der Waals surface area contributed by atoms with Gasteiger partial charge in [0.15, 0.2) is 9.84 Å². The van der Waals surface area contributed by atoms with Crippen LogP contribution < -0.4 is 25.8 Å². The van der Waals surface area contributed by atoms with E-state index in [0.29, 0.717) is 53.8 Å². The molecule has 0 bridgehead atoms. The van der Waals surface area contributed by atoms with Gasteiger partial charge in [0, 0.05) is 35.4 Å². The summed E-state index contributed by atoms with van der Waals surface area (Å²) in [6.45, 7) is 4.78. The number of sulfone groups is 1. The van der Waals surface area contributed by atoms with Crippen LogP contribution in [0.3, 0.4) is 0 Å². The average molecular weight is 774 g/mol. The van der Waals surface area contributed by atoms with Gasteiger partial charge >= 0.3 is 6.09 Å². The third kappa shape index (κ3) is 7.21. The number of carbonyl (C=O) groups excluding carboxylic acids is 4. The van der Waals surface area contributed by atoms with Gasteiger partial charge in [0.05, 0.1) is 30.1 Å². The molecule has 15 heteroatoms. The van der Waals surface area contributed by atoms with Crippen molar-refractivity contribution in [1.29, 1.82) is 0 Å². The first-order chi connectivity index (χ1) is 26.1. The zero-order valence-corrected chi connectivity index (χ0v) is 32.2. The molecule has 3 heterocycles. The summed E-state index contributed by atoms with van der Waals surface area (Å²) in [4.78, 5) is 60.7. The van der Waals surface area contributed by atoms with E-state index < -0.39 is 73.0 Å². The highest BCUT2D eigenvalue weighted by Crippen LogP contribution is 2.54. The summed E-state index contributed by atoms with van der Waals surface area (Å²) >= 11 is 0. The number of benzene rings is 2. The first-order valence-electron chi connectivity index (χ1n) is 18.6. The lowest BCUT2D eigenvalue weighted by Gasteiger charge is -2.37. The van der Waals surface area contributed by atoms with Crippen LogP contribution in [0, 0.1) is 5.92 Å². The number of hydrogen-bond acceptors (Lipinski definition) is 10. The van der Waals surface area contributed by atoms with Gasteiger partial charge in [-0.3, -0.25) is 14.4 Å². The van der Waals surface area contributed by atoms with Crippen LogP contribution in [0.25, 0.3) is 22.2 Å². The Balaban J connectivity index is 1.31. The van der Waals surface area contributed by atoms with Crippen LogP contribution in [0.5, 0.6) is 11.5 Å². The molecule has 2 aromatic carbocycles. The predicted octanol–water partition coefficient (Wildman–Crippen LogP) is 4.16. The van der Waals surface area contributed by atoms with Crippen molar-refractivity contribution in [2.45, 2.75) is 99.1 Å². The van der Waals surface area contributed by atoms with Crippen LogP contribution in [-0.2, 0) is 29.0 Å². The van der Waals surface area contributed by atoms with Crippen LogP contribution in [0.2, 0.25) is 0 Å². The fraction of sp³-hybridized carbons (Fsp3) is 0.475. The monoisotopic (exact) mass is 773 g/mol. The number of aromatic nitrogens is 1. The third-order valence-electron chi connectivity index (χ3n) is 10.7. The molecule has 2 aliphatic heterocycles. The molecular formula is C40H47N5O9S. The van der Waals surface area contributed by atoms with E-state index in [1.807, 2.05) is 36.4 Å². The Morgan fingerprint density at radius 2 is 1.78 bits per heavy atom. The molecule has 1 saturated heterocycles. The molecule has 7 rings (SSSR count). The van der Waals surface area contributed by atoms with Crippen LogP contribution >= 0.6 is 0 Å². The maximum atomic E-state index is 14.8. The molecule has 0 unspecified atom stereocenters. The summed E-state index contributed by atoms with van der Waals surface area (Å²) in [6, 6.07) is 15.3. The van der Waals surface area contributed by atoms with Gasteiger partial charge in [-0.05, 0) is 71.4 Å². The minimum absolute atomic E-state index is 0.133. The highest BCUT2D eigenvalue weighted by molar-refractivity contribution is 7.94. The van der Waals surface area contributed by atoms with Crippen LogP contribution in [0.4, 0.5) is 4.79 Å². The summed E-state index contributed by atoms with van der Waals surface area (Å²) in [7, 11) is -2.32. The van der Waals surface area contributed by atoms with E-state index in [1.165, 1.54) is 0 Å². The maximum Gasteiger partial charge on any atom is 0.408 e. The number of nitrogens with two attached hydrogens (primary N) is 1. The molecule has 4 N–H and O–H groups in total. The molecule has 2 saturated carbocycles. The number of fused-ring (bicyclic) bond motifs is 3. The van der Waals surface area contributed by atoms with E-state index in [1.54, 1.807) is 58.2 Å². The van der Waals surface area contributed by atoms with Crippen molar-refractivity contribution in [2.24, 2.45) is 11.7 Å². The first-order valence-corrected chi connectivity index (χ1v) is 20.2. The fourth-order valence-electron chi connectivity index (χ4n) is 7.72. The number of nitrogens with zero attached hydrogens (tertiary/aromatic N) is 2. The molecule has 0 radical (unpaired) electrons. The van der Waals surface area contributed by atoms with E-state index in [2.05, 4.69) is 10.6 Å². The van der Waals surface area contributed by atoms with E-state index >= 15 is 0 Å². The van der Waals surface area contributed by atoms with E-state index in [-0.39, 0.29) is 25.8 Å². The second-order valence-electron chi connectivity index (χ2n) is 15.8. The zero-order valence-electron chi connectivity index (χ0n) is 31.4. The number of methoxy groups -OCH3 is 1. The third-order valence-corrected chi connectivity index (χ3v) is 13.7. The minimum Gasteiger partial charge on any atom is -0.497 e. The largest absolute Gasteiger partial charge is 0.497 e. The Bertz CT molecular complexity index is 2170. The fourth-order valence-corrected chi connectivity index (χ4v) is 10.2. The highest BCUT2D eigenvalue weighted by Gasteiger charge is 2.69. The van der Waals surface area contributed by atoms with Gasteiger partial charge in [0.2, 0.25) is 11.4 Å². The van der Waals surface area contributed by atoms with Crippen molar-refractivity contribution in [2.75, 3.05) is 13.7 Å². The van der Waals surface area contributed by atoms with Crippen molar-refractivity contribution in [3.63, 3.8) is 0 Å². The van der Waals surface area contributed by atoms with Crippen molar-refractivity contribution in [3.05, 3.63) is 66.7 Å². The number of pyridine rings is 1. The molecule has 292 valence electrons. The smallest absolute Gasteiger partial charge is 0.408 e. The Morgan fingerprint density at radius 1 is 1.04 bits per heavy atom. The predicted molar refractivity (Wildman–Crippen MR) is 203 cm³/mol. The minimum atomic E-state index is -3.87. The van der Waals surface area contributed by atoms with Gasteiger partial charge in [-0.25, -0.2) is 18.2 Å². The lowest BCUT2D eigenvalue weighted by atomic mass is 9.92. The number of rotatable bonds is 8. The normalized spacial score (nSPS) is 27.6. The number of ether oxygens (including phenoxy) is 3. The number of nitrogens with one attached hydrogen (secondary N) is 2. The number of allylic oxidation sites excluding steroid dienone is 1. The lowest BCUT2D eigenvalue weighted by Crippen LogP contribution is -2.68. The van der Waals surface area contributed by atoms with Gasteiger partial charge in [-0.2, -0.15) is 0 Å². The lowest BCUT2D eigenvalue weighted by molar-refractivity contribution is -0.153. The van der Waals surface area contributed by atoms with Crippen molar-refractivity contribution in [3.8, 4) is 22.8 Å². The summed E-state index contributed by atoms with van der Waals surface area (Å²) in [6.07, 6.45) is 3.50. The van der Waals surface area contributed by atoms with E-state index in [9.17, 15) is 27.6 Å². The number of primary amides is 1. The SMILES string of the molecule is COc1ccc2c(O[C@H]3CN4C(=O)[C@@H](NC(=O)OC(C)(C)C)CCC/C=C\[C@@H]5C[C@]5(S(=O)(=O)C5CC5)NC(=O)[C@@]4(C(N)=O)C3)cc(-c3ccccc3)nc2c1. The Morgan fingerprint density at radius 3 is 2.45 bits per heavy atom. The standard InChI is InChI=1S/C40H47N5O9S/c1-38(2,3)54-37(49)43-30-14-10-6-9-13-25-21-40(25,55(50,51)28-16-17-28)44-36(48)39(35(41)47)22-27(23-45(39)34(30)46)53-33-20-31(24-11-7-5-8-12-24)42-32-19-26(52-4)15-18-29(32)33/h5,7-9,11-13,15,18-20,25,27-28,30H,6,10,14,16-17,21-23H2,1-4H3,(H2,41,47)(H,43,49)(H,44,48)/b13-9-/t25-,27-,30+,39+,40-/m1/s1. The van der Waals surface area contributed by atoms with Crippen molar-refractivity contribution < 1.29 is 41.8 Å². The highest BCUT2D eigenvalue weighted by atomic mass is 32.2. The molecule has 4 amide bonds. The molecule has 3 fully saturated rings. The molecule has 0 spiro atoms. The Labute approximate surface area is 320 Å².